The number of aliphatic carboxylic acids is 1. The van der Waals surface area contributed by atoms with E-state index in [0.29, 0.717) is 23.5 Å². The number of anilines is 1. The topological polar surface area (TPSA) is 96.4 Å². The maximum absolute atomic E-state index is 11.6. The summed E-state index contributed by atoms with van der Waals surface area (Å²) in [5, 5.41) is 21.6. The summed E-state index contributed by atoms with van der Waals surface area (Å²) in [5.41, 5.74) is 7.09. The molecule has 3 atom stereocenters. The molecule has 0 bridgehead atoms. The number of hydrogen-bond donors (Lipinski definition) is 3. The maximum Gasteiger partial charge on any atom is 0.307 e. The van der Waals surface area contributed by atoms with Crippen molar-refractivity contribution in [2.45, 2.75) is 46.1 Å². The van der Waals surface area contributed by atoms with Crippen molar-refractivity contribution >= 4 is 23.0 Å². The Bertz CT molecular complexity index is 825. The third-order valence-corrected chi connectivity index (χ3v) is 6.84. The number of benzene rings is 1. The summed E-state index contributed by atoms with van der Waals surface area (Å²) in [7, 11) is 0. The first kappa shape index (κ1) is 18.9. The van der Waals surface area contributed by atoms with E-state index in [1.165, 1.54) is 11.3 Å². The fourth-order valence-corrected chi connectivity index (χ4v) is 5.25. The summed E-state index contributed by atoms with van der Waals surface area (Å²) in [6, 6.07) is 5.87. The number of aromatic nitrogens is 1. The molecule has 1 saturated carbocycles. The average molecular weight is 375 g/mol. The van der Waals surface area contributed by atoms with E-state index in [9.17, 15) is 15.0 Å². The van der Waals surface area contributed by atoms with E-state index in [0.717, 1.165) is 16.0 Å². The molecule has 3 rings (SSSR count). The van der Waals surface area contributed by atoms with E-state index < -0.39 is 22.9 Å². The predicted octanol–water partition coefficient (Wildman–Crippen LogP) is 4.05. The smallest absolute Gasteiger partial charge is 0.307 e. The number of thiazole rings is 1. The molecule has 3 unspecified atom stereocenters. The first-order valence-corrected chi connectivity index (χ1v) is 9.63. The third kappa shape index (κ3) is 3.23. The van der Waals surface area contributed by atoms with Crippen molar-refractivity contribution in [2.75, 3.05) is 5.73 Å². The van der Waals surface area contributed by atoms with Crippen molar-refractivity contribution < 1.29 is 15.0 Å². The van der Waals surface area contributed by atoms with Crippen LogP contribution < -0.4 is 5.73 Å². The molecule has 1 aliphatic rings. The number of carboxylic acids is 1. The van der Waals surface area contributed by atoms with Crippen LogP contribution in [0.25, 0.3) is 10.4 Å². The highest BCUT2D eigenvalue weighted by Gasteiger charge is 2.53. The van der Waals surface area contributed by atoms with E-state index in [1.807, 2.05) is 45.9 Å². The van der Waals surface area contributed by atoms with Crippen LogP contribution in [0.3, 0.4) is 0 Å². The van der Waals surface area contributed by atoms with Crippen molar-refractivity contribution in [2.24, 2.45) is 17.3 Å². The third-order valence-electron chi connectivity index (χ3n) is 5.63. The predicted molar refractivity (Wildman–Crippen MR) is 104 cm³/mol. The molecule has 0 amide bonds. The molecule has 140 valence electrons. The summed E-state index contributed by atoms with van der Waals surface area (Å²) in [6.07, 6.45) is 2.58. The lowest BCUT2D eigenvalue weighted by Crippen LogP contribution is -2.49. The fraction of sp³-hybridized carbons (Fsp3) is 0.500. The molecule has 0 spiro atoms. The number of rotatable bonds is 3. The Morgan fingerprint density at radius 3 is 2.65 bits per heavy atom. The normalized spacial score (nSPS) is 28.0. The molecule has 5 nitrogen and oxygen atoms in total. The van der Waals surface area contributed by atoms with Crippen molar-refractivity contribution in [1.29, 1.82) is 0 Å². The summed E-state index contributed by atoms with van der Waals surface area (Å²) < 4.78 is 0. The van der Waals surface area contributed by atoms with Gasteiger partial charge in [0.15, 0.2) is 0 Å². The quantitative estimate of drug-likeness (QED) is 0.705. The molecule has 1 aliphatic carbocycles. The van der Waals surface area contributed by atoms with Gasteiger partial charge in [-0.25, -0.2) is 4.98 Å². The number of hydrogen-bond acceptors (Lipinski definition) is 5. The molecule has 0 radical (unpaired) electrons. The van der Waals surface area contributed by atoms with Crippen LogP contribution in [0, 0.1) is 24.2 Å². The highest BCUT2D eigenvalue weighted by atomic mass is 32.1. The Kier molecular flexibility index (Phi) is 4.61. The average Bonchev–Trinajstić information content (AvgIpc) is 2.99. The van der Waals surface area contributed by atoms with E-state index in [2.05, 4.69) is 4.98 Å². The minimum absolute atomic E-state index is 0.182. The van der Waals surface area contributed by atoms with Gasteiger partial charge in [-0.3, -0.25) is 4.79 Å². The molecular formula is C20H26N2O3S. The first-order valence-electron chi connectivity index (χ1n) is 8.82. The van der Waals surface area contributed by atoms with Crippen LogP contribution in [0.15, 0.2) is 24.4 Å². The van der Waals surface area contributed by atoms with Gasteiger partial charge in [0.25, 0.3) is 0 Å². The van der Waals surface area contributed by atoms with Crippen LogP contribution >= 0.6 is 11.3 Å². The Morgan fingerprint density at radius 1 is 1.35 bits per heavy atom. The van der Waals surface area contributed by atoms with Crippen molar-refractivity contribution in [1.82, 2.24) is 4.98 Å². The molecule has 1 heterocycles. The molecule has 1 fully saturated rings. The lowest BCUT2D eigenvalue weighted by atomic mass is 9.59. The molecule has 6 heteroatoms. The minimum Gasteiger partial charge on any atom is -0.481 e. The van der Waals surface area contributed by atoms with Gasteiger partial charge in [-0.1, -0.05) is 26.8 Å². The summed E-state index contributed by atoms with van der Waals surface area (Å²) in [5.74, 6) is -1.44. The maximum atomic E-state index is 11.6. The van der Waals surface area contributed by atoms with Crippen molar-refractivity contribution in [3.05, 3.63) is 35.0 Å². The van der Waals surface area contributed by atoms with E-state index in [4.69, 9.17) is 5.73 Å². The number of nitrogen functional groups attached to an aromatic ring is 1. The van der Waals surface area contributed by atoms with Crippen LogP contribution in [0.2, 0.25) is 0 Å². The molecule has 1 aromatic carbocycles. The van der Waals surface area contributed by atoms with E-state index in [1.54, 1.807) is 6.20 Å². The minimum atomic E-state index is -1.12. The summed E-state index contributed by atoms with van der Waals surface area (Å²) >= 11 is 1.46. The second-order valence-electron chi connectivity index (χ2n) is 8.28. The summed E-state index contributed by atoms with van der Waals surface area (Å²) in [6.45, 7) is 7.74. The van der Waals surface area contributed by atoms with Crippen LogP contribution in [-0.2, 0) is 10.4 Å². The van der Waals surface area contributed by atoms with Crippen LogP contribution in [0.4, 0.5) is 5.69 Å². The number of nitrogens with two attached hydrogens (primary N) is 1. The van der Waals surface area contributed by atoms with Crippen molar-refractivity contribution in [3.63, 3.8) is 0 Å². The molecule has 2 aromatic rings. The highest BCUT2D eigenvalue weighted by Crippen LogP contribution is 2.53. The number of carboxylic acid groups (broad SMARTS) is 1. The van der Waals surface area contributed by atoms with Crippen LogP contribution in [-0.4, -0.2) is 21.2 Å². The Morgan fingerprint density at radius 2 is 2.04 bits per heavy atom. The van der Waals surface area contributed by atoms with Crippen LogP contribution in [0.1, 0.15) is 44.2 Å². The van der Waals surface area contributed by atoms with Gasteiger partial charge in [0.2, 0.25) is 0 Å². The fourth-order valence-electron chi connectivity index (χ4n) is 4.14. The van der Waals surface area contributed by atoms with Crippen LogP contribution in [0.5, 0.6) is 0 Å². The lowest BCUT2D eigenvalue weighted by molar-refractivity contribution is -0.160. The van der Waals surface area contributed by atoms with Gasteiger partial charge in [-0.2, -0.15) is 0 Å². The van der Waals surface area contributed by atoms with Gasteiger partial charge >= 0.3 is 5.97 Å². The van der Waals surface area contributed by atoms with Crippen molar-refractivity contribution in [3.8, 4) is 10.4 Å². The first-order chi connectivity index (χ1) is 12.0. The molecule has 0 saturated heterocycles. The Hall–Kier alpha value is -1.92. The molecule has 1 aromatic heterocycles. The molecule has 0 aliphatic heterocycles. The SMILES string of the molecule is Cc1cc(N)cc(-c2cnc(C3(O)CC(C)(C)C(C(=O)O)CC3C)s2)c1. The number of nitrogens with zero attached hydrogens (tertiary/aromatic N) is 1. The zero-order valence-corrected chi connectivity index (χ0v) is 16.4. The molecule has 4 N–H and O–H groups in total. The second-order valence-corrected chi connectivity index (χ2v) is 9.31. The summed E-state index contributed by atoms with van der Waals surface area (Å²) in [4.78, 5) is 17.1. The van der Waals surface area contributed by atoms with Gasteiger partial charge in [-0.05, 0) is 54.4 Å². The number of aliphatic hydroxyl groups is 1. The molecule has 26 heavy (non-hydrogen) atoms. The standard InChI is InChI=1S/C20H26N2O3S/c1-11-5-13(8-14(21)6-11)16-9-22-18(26-16)20(25)10-19(3,4)15(17(23)24)7-12(20)2/h5-6,8-9,12,15,25H,7,10,21H2,1-4H3,(H,23,24). The second kappa shape index (κ2) is 6.35. The largest absolute Gasteiger partial charge is 0.481 e. The number of aryl methyl sites for hydroxylation is 1. The van der Waals surface area contributed by atoms with Gasteiger partial charge in [0, 0.05) is 11.9 Å². The van der Waals surface area contributed by atoms with E-state index in [-0.39, 0.29) is 5.92 Å². The number of carbonyl (C=O) groups is 1. The van der Waals surface area contributed by atoms with Gasteiger partial charge < -0.3 is 15.9 Å². The highest BCUT2D eigenvalue weighted by molar-refractivity contribution is 7.15. The Balaban J connectivity index is 1.96. The zero-order valence-electron chi connectivity index (χ0n) is 15.6. The Labute approximate surface area is 157 Å². The monoisotopic (exact) mass is 374 g/mol. The van der Waals surface area contributed by atoms with E-state index >= 15 is 0 Å². The van der Waals surface area contributed by atoms with Gasteiger partial charge in [-0.15, -0.1) is 11.3 Å². The van der Waals surface area contributed by atoms with Gasteiger partial charge in [0.05, 0.1) is 10.8 Å². The molecular weight excluding hydrogens is 348 g/mol. The lowest BCUT2D eigenvalue weighted by Gasteiger charge is -2.48. The zero-order chi connectivity index (χ0) is 19.3. The van der Waals surface area contributed by atoms with Gasteiger partial charge in [0.1, 0.15) is 10.6 Å².